The Balaban J connectivity index is 1.41. The van der Waals surface area contributed by atoms with Crippen LogP contribution in [0.15, 0.2) is 71.5 Å². The second kappa shape index (κ2) is 12.1. The molecule has 1 N–H and O–H groups in total. The van der Waals surface area contributed by atoms with E-state index in [9.17, 15) is 4.79 Å². The Bertz CT molecular complexity index is 1780. The number of hydrogen-bond acceptors (Lipinski definition) is 9. The number of tetrazole rings is 1. The summed E-state index contributed by atoms with van der Waals surface area (Å²) in [6, 6.07) is 21.4. The lowest BCUT2D eigenvalue weighted by atomic mass is 9.99. The van der Waals surface area contributed by atoms with Crippen LogP contribution < -0.4 is 24.5 Å². The minimum atomic E-state index is -0.218. The third-order valence-electron chi connectivity index (χ3n) is 7.65. The van der Waals surface area contributed by atoms with Gasteiger partial charge in [-0.15, -0.1) is 5.10 Å². The summed E-state index contributed by atoms with van der Waals surface area (Å²) in [4.78, 5) is 18.8. The van der Waals surface area contributed by atoms with Crippen LogP contribution in [0, 0.1) is 5.92 Å². The standard InChI is InChI=1S/C32H34N6O5/c1-20(2)30(31-34-35-36-38(31)17-21-8-6-5-7-9-21)37(16-22-10-11-26-29(12-22)43-19-42-26)18-24-13-23-14-27(40-3)28(41-4)15-25(23)33-32(24)39/h5-15,20,30H,16-19H2,1-4H3,(H,33,39). The number of fused-ring (bicyclic) bond motifs is 2. The van der Waals surface area contributed by atoms with E-state index in [0.29, 0.717) is 48.0 Å². The Hall–Kier alpha value is -4.90. The van der Waals surface area contributed by atoms with Crippen LogP contribution in [-0.2, 0) is 19.6 Å². The van der Waals surface area contributed by atoms with E-state index >= 15 is 0 Å². The molecule has 0 saturated heterocycles. The molecule has 3 aromatic carbocycles. The topological polar surface area (TPSA) is 117 Å². The molecule has 0 spiro atoms. The highest BCUT2D eigenvalue weighted by Gasteiger charge is 2.30. The largest absolute Gasteiger partial charge is 0.493 e. The van der Waals surface area contributed by atoms with Crippen molar-refractivity contribution in [1.29, 1.82) is 0 Å². The molecule has 0 fully saturated rings. The lowest BCUT2D eigenvalue weighted by Gasteiger charge is -2.33. The van der Waals surface area contributed by atoms with Gasteiger partial charge in [-0.25, -0.2) is 4.68 Å². The van der Waals surface area contributed by atoms with Gasteiger partial charge in [0.1, 0.15) is 0 Å². The molecule has 1 unspecified atom stereocenters. The number of ether oxygens (including phenoxy) is 4. The summed E-state index contributed by atoms with van der Waals surface area (Å²) in [5.41, 5.74) is 3.20. The summed E-state index contributed by atoms with van der Waals surface area (Å²) < 4.78 is 24.0. The maximum atomic E-state index is 13.5. The van der Waals surface area contributed by atoms with Crippen LogP contribution in [0.25, 0.3) is 10.9 Å². The van der Waals surface area contributed by atoms with Gasteiger partial charge in [0.2, 0.25) is 6.79 Å². The van der Waals surface area contributed by atoms with Gasteiger partial charge in [0, 0.05) is 30.1 Å². The Labute approximate surface area is 249 Å². The average Bonchev–Trinajstić information content (AvgIpc) is 3.66. The highest BCUT2D eigenvalue weighted by Crippen LogP contribution is 2.36. The number of nitrogens with one attached hydrogen (secondary N) is 1. The third-order valence-corrected chi connectivity index (χ3v) is 7.65. The predicted molar refractivity (Wildman–Crippen MR) is 160 cm³/mol. The van der Waals surface area contributed by atoms with Gasteiger partial charge < -0.3 is 23.9 Å². The fourth-order valence-corrected chi connectivity index (χ4v) is 5.62. The number of rotatable bonds is 11. The summed E-state index contributed by atoms with van der Waals surface area (Å²) in [6.07, 6.45) is 0. The molecule has 11 heteroatoms. The molecule has 0 bridgehead atoms. The zero-order valence-electron chi connectivity index (χ0n) is 24.6. The quantitative estimate of drug-likeness (QED) is 0.236. The normalized spacial score (nSPS) is 13.2. The van der Waals surface area contributed by atoms with Crippen molar-refractivity contribution < 1.29 is 18.9 Å². The molecule has 5 aromatic rings. The molecular weight excluding hydrogens is 548 g/mol. The SMILES string of the molecule is COc1cc2cc(CN(Cc3ccc4c(c3)OCO4)C(c3nnnn3Cc3ccccc3)C(C)C)c(=O)[nH]c2cc1OC. The second-order valence-corrected chi connectivity index (χ2v) is 10.9. The molecule has 1 aliphatic rings. The molecule has 0 amide bonds. The maximum absolute atomic E-state index is 13.5. The summed E-state index contributed by atoms with van der Waals surface area (Å²) >= 11 is 0. The van der Waals surface area contributed by atoms with Gasteiger partial charge in [0.25, 0.3) is 5.56 Å². The first-order chi connectivity index (χ1) is 20.9. The second-order valence-electron chi connectivity index (χ2n) is 10.9. The van der Waals surface area contributed by atoms with E-state index in [1.807, 2.05) is 53.2 Å². The van der Waals surface area contributed by atoms with E-state index in [1.165, 1.54) is 0 Å². The molecule has 1 atom stereocenters. The number of hydrogen-bond donors (Lipinski definition) is 1. The lowest BCUT2D eigenvalue weighted by Crippen LogP contribution is -2.35. The smallest absolute Gasteiger partial charge is 0.252 e. The molecule has 1 aliphatic heterocycles. The van der Waals surface area contributed by atoms with Crippen molar-refractivity contribution in [2.75, 3.05) is 21.0 Å². The molecule has 0 aliphatic carbocycles. The number of aromatic nitrogens is 5. The van der Waals surface area contributed by atoms with Crippen molar-refractivity contribution in [3.8, 4) is 23.0 Å². The van der Waals surface area contributed by atoms with Crippen LogP contribution in [0.2, 0.25) is 0 Å². The molecule has 3 heterocycles. The zero-order valence-corrected chi connectivity index (χ0v) is 24.6. The molecule has 222 valence electrons. The van der Waals surface area contributed by atoms with Crippen molar-refractivity contribution in [2.45, 2.75) is 39.5 Å². The maximum Gasteiger partial charge on any atom is 0.252 e. The summed E-state index contributed by atoms with van der Waals surface area (Å²) in [5, 5.41) is 13.8. The van der Waals surface area contributed by atoms with Crippen molar-refractivity contribution >= 4 is 10.9 Å². The molecule has 43 heavy (non-hydrogen) atoms. The summed E-state index contributed by atoms with van der Waals surface area (Å²) in [6.45, 7) is 5.87. The molecular formula is C32H34N6O5. The fourth-order valence-electron chi connectivity index (χ4n) is 5.62. The van der Waals surface area contributed by atoms with Gasteiger partial charge in [-0.1, -0.05) is 50.2 Å². The van der Waals surface area contributed by atoms with E-state index in [-0.39, 0.29) is 24.3 Å². The van der Waals surface area contributed by atoms with Gasteiger partial charge in [-0.2, -0.15) is 0 Å². The number of methoxy groups -OCH3 is 2. The number of H-pyrrole nitrogens is 1. The van der Waals surface area contributed by atoms with Gasteiger partial charge in [-0.3, -0.25) is 9.69 Å². The zero-order chi connectivity index (χ0) is 29.9. The number of nitrogens with zero attached hydrogens (tertiary/aromatic N) is 5. The number of benzene rings is 3. The minimum Gasteiger partial charge on any atom is -0.493 e. The predicted octanol–water partition coefficient (Wildman–Crippen LogP) is 4.71. The first-order valence-electron chi connectivity index (χ1n) is 14.1. The van der Waals surface area contributed by atoms with Gasteiger partial charge in [0.05, 0.1) is 32.3 Å². The van der Waals surface area contributed by atoms with Crippen LogP contribution >= 0.6 is 0 Å². The van der Waals surface area contributed by atoms with Crippen LogP contribution in [0.5, 0.6) is 23.0 Å². The Morgan fingerprint density at radius 3 is 2.47 bits per heavy atom. The number of aromatic amines is 1. The van der Waals surface area contributed by atoms with Crippen LogP contribution in [0.4, 0.5) is 0 Å². The summed E-state index contributed by atoms with van der Waals surface area (Å²) in [7, 11) is 3.16. The Kier molecular flexibility index (Phi) is 7.97. The van der Waals surface area contributed by atoms with E-state index in [0.717, 1.165) is 28.1 Å². The average molecular weight is 583 g/mol. The van der Waals surface area contributed by atoms with E-state index in [4.69, 9.17) is 18.9 Å². The molecule has 0 saturated carbocycles. The van der Waals surface area contributed by atoms with Gasteiger partial charge in [-0.05, 0) is 51.7 Å². The highest BCUT2D eigenvalue weighted by atomic mass is 16.7. The van der Waals surface area contributed by atoms with Crippen LogP contribution in [0.1, 0.15) is 42.4 Å². The fraction of sp³-hybridized carbons (Fsp3) is 0.312. The van der Waals surface area contributed by atoms with Crippen LogP contribution in [-0.4, -0.2) is 51.1 Å². The van der Waals surface area contributed by atoms with E-state index in [1.54, 1.807) is 20.3 Å². The van der Waals surface area contributed by atoms with Crippen molar-refractivity contribution in [3.63, 3.8) is 0 Å². The molecule has 0 radical (unpaired) electrons. The first-order valence-corrected chi connectivity index (χ1v) is 14.1. The molecule has 6 rings (SSSR count). The highest BCUT2D eigenvalue weighted by molar-refractivity contribution is 5.83. The minimum absolute atomic E-state index is 0.110. The van der Waals surface area contributed by atoms with Gasteiger partial charge >= 0.3 is 0 Å². The third kappa shape index (κ3) is 5.89. The Morgan fingerprint density at radius 1 is 0.930 bits per heavy atom. The first kappa shape index (κ1) is 28.2. The van der Waals surface area contributed by atoms with Crippen molar-refractivity contribution in [1.82, 2.24) is 30.1 Å². The lowest BCUT2D eigenvalue weighted by molar-refractivity contribution is 0.126. The summed E-state index contributed by atoms with van der Waals surface area (Å²) in [5.74, 6) is 3.40. The van der Waals surface area contributed by atoms with Gasteiger partial charge in [0.15, 0.2) is 28.8 Å². The van der Waals surface area contributed by atoms with E-state index in [2.05, 4.69) is 51.4 Å². The van der Waals surface area contributed by atoms with E-state index < -0.39 is 0 Å². The Morgan fingerprint density at radius 2 is 1.70 bits per heavy atom. The van der Waals surface area contributed by atoms with Crippen LogP contribution in [0.3, 0.4) is 0 Å². The molecule has 11 nitrogen and oxygen atoms in total. The number of pyridine rings is 1. The molecule has 2 aromatic heterocycles. The van der Waals surface area contributed by atoms with Crippen molar-refractivity contribution in [3.05, 3.63) is 99.6 Å². The monoisotopic (exact) mass is 582 g/mol. The van der Waals surface area contributed by atoms with Crippen molar-refractivity contribution in [2.24, 2.45) is 5.92 Å².